The maximum Gasteiger partial charge on any atom is 0.136 e. The van der Waals surface area contributed by atoms with E-state index in [9.17, 15) is 0 Å². The van der Waals surface area contributed by atoms with Crippen LogP contribution in [-0.4, -0.2) is 27.5 Å². The van der Waals surface area contributed by atoms with Crippen molar-refractivity contribution in [1.29, 1.82) is 0 Å². The number of fused-ring (bicyclic) bond motifs is 1. The number of hydrogen-bond acceptors (Lipinski definition) is 4. The normalized spacial score (nSPS) is 19.5. The highest BCUT2D eigenvalue weighted by Crippen LogP contribution is 2.40. The summed E-state index contributed by atoms with van der Waals surface area (Å²) in [4.78, 5) is 5.26. The topological polar surface area (TPSA) is 50.9 Å². The largest absolute Gasteiger partial charge is 0.389 e. The van der Waals surface area contributed by atoms with Crippen LogP contribution in [0.5, 0.6) is 0 Å². The van der Waals surface area contributed by atoms with E-state index < -0.39 is 0 Å². The smallest absolute Gasteiger partial charge is 0.136 e. The predicted molar refractivity (Wildman–Crippen MR) is 95.4 cm³/mol. The van der Waals surface area contributed by atoms with Crippen molar-refractivity contribution in [1.82, 2.24) is 4.98 Å². The van der Waals surface area contributed by atoms with E-state index in [1.54, 1.807) is 0 Å². The Kier molecular flexibility index (Phi) is 4.41. The molecule has 2 aliphatic carbocycles. The average Bonchev–Trinajstić information content (AvgIpc) is 3.13. The number of hydrogen-bond donors (Lipinski definition) is 2. The molecule has 3 nitrogen and oxygen atoms in total. The lowest BCUT2D eigenvalue weighted by atomic mass is 10.1. The summed E-state index contributed by atoms with van der Waals surface area (Å²) in [6, 6.07) is 2.15. The first-order valence-electron chi connectivity index (χ1n) is 7.75. The number of thioether (sulfide) groups is 1. The van der Waals surface area contributed by atoms with Crippen molar-refractivity contribution >= 4 is 34.8 Å². The van der Waals surface area contributed by atoms with Gasteiger partial charge in [-0.15, -0.1) is 0 Å². The molecule has 21 heavy (non-hydrogen) atoms. The van der Waals surface area contributed by atoms with Crippen LogP contribution in [0.3, 0.4) is 0 Å². The zero-order valence-corrected chi connectivity index (χ0v) is 14.2. The minimum absolute atomic E-state index is 0.355. The fourth-order valence-electron chi connectivity index (χ4n) is 3.51. The van der Waals surface area contributed by atoms with Gasteiger partial charge in [0.15, 0.2) is 0 Å². The zero-order valence-electron chi connectivity index (χ0n) is 12.6. The molecule has 1 saturated carbocycles. The lowest BCUT2D eigenvalue weighted by molar-refractivity contribution is 0.638. The molecule has 1 heterocycles. The first-order valence-corrected chi connectivity index (χ1v) is 9.38. The number of nitrogens with two attached hydrogens (primary N) is 1. The van der Waals surface area contributed by atoms with E-state index in [0.717, 1.165) is 30.8 Å². The molecule has 1 aromatic rings. The maximum atomic E-state index is 5.90. The third-order valence-corrected chi connectivity index (χ3v) is 6.48. The molecule has 5 heteroatoms. The van der Waals surface area contributed by atoms with Gasteiger partial charge >= 0.3 is 0 Å². The Bertz CT molecular complexity index is 551. The SMILES string of the molecule is CSC1(CNc2nc3c(cc2C(N)=S)CCC3)CCCC1. The molecule has 1 aromatic heterocycles. The van der Waals surface area contributed by atoms with Gasteiger partial charge in [-0.3, -0.25) is 0 Å². The molecule has 1 fully saturated rings. The van der Waals surface area contributed by atoms with Crippen LogP contribution in [0.1, 0.15) is 48.9 Å². The highest BCUT2D eigenvalue weighted by Gasteiger charge is 2.33. The Morgan fingerprint density at radius 3 is 2.81 bits per heavy atom. The minimum Gasteiger partial charge on any atom is -0.389 e. The Morgan fingerprint density at radius 1 is 1.38 bits per heavy atom. The molecule has 0 bridgehead atoms. The standard InChI is InChI=1S/C16H23N3S2/c1-21-16(7-2-3-8-16)10-18-15-12(14(17)20)9-11-5-4-6-13(11)19-15/h9H,2-8,10H2,1H3,(H2,17,20)(H,18,19). The number of anilines is 1. The molecule has 0 saturated heterocycles. The number of thiocarbonyl (C=S) groups is 1. The van der Waals surface area contributed by atoms with E-state index in [4.69, 9.17) is 22.9 Å². The molecule has 0 aromatic carbocycles. The Hall–Kier alpha value is -0.810. The summed E-state index contributed by atoms with van der Waals surface area (Å²) >= 11 is 7.20. The Balaban J connectivity index is 1.82. The quantitative estimate of drug-likeness (QED) is 0.815. The number of nitrogens with one attached hydrogen (secondary N) is 1. The third-order valence-electron chi connectivity index (χ3n) is 4.84. The molecule has 3 rings (SSSR count). The molecule has 0 unspecified atom stereocenters. The average molecular weight is 322 g/mol. The summed E-state index contributed by atoms with van der Waals surface area (Å²) < 4.78 is 0.355. The number of aromatic nitrogens is 1. The number of rotatable bonds is 5. The summed E-state index contributed by atoms with van der Waals surface area (Å²) in [5.41, 5.74) is 9.37. The van der Waals surface area contributed by atoms with Crippen LogP contribution >= 0.6 is 24.0 Å². The van der Waals surface area contributed by atoms with Gasteiger partial charge in [-0.1, -0.05) is 25.1 Å². The van der Waals surface area contributed by atoms with Crippen molar-refractivity contribution in [2.75, 3.05) is 18.1 Å². The van der Waals surface area contributed by atoms with E-state index in [1.807, 2.05) is 11.8 Å². The second kappa shape index (κ2) is 6.13. The van der Waals surface area contributed by atoms with Crippen molar-refractivity contribution < 1.29 is 0 Å². The van der Waals surface area contributed by atoms with Crippen LogP contribution in [-0.2, 0) is 12.8 Å². The molecule has 0 atom stereocenters. The predicted octanol–water partition coefficient (Wildman–Crippen LogP) is 3.29. The number of nitrogens with zero attached hydrogens (tertiary/aromatic N) is 1. The van der Waals surface area contributed by atoms with Crippen molar-refractivity contribution in [3.05, 3.63) is 22.9 Å². The first kappa shape index (κ1) is 15.1. The lowest BCUT2D eigenvalue weighted by Gasteiger charge is -2.27. The van der Waals surface area contributed by atoms with Gasteiger partial charge < -0.3 is 11.1 Å². The van der Waals surface area contributed by atoms with Crippen LogP contribution in [0.15, 0.2) is 6.07 Å². The highest BCUT2D eigenvalue weighted by atomic mass is 32.2. The van der Waals surface area contributed by atoms with Crippen LogP contribution in [0, 0.1) is 0 Å². The van der Waals surface area contributed by atoms with Gasteiger partial charge in [0.05, 0.1) is 5.56 Å². The van der Waals surface area contributed by atoms with Crippen LogP contribution in [0.25, 0.3) is 0 Å². The van der Waals surface area contributed by atoms with Crippen molar-refractivity contribution in [3.8, 4) is 0 Å². The Labute approximate surface area is 136 Å². The second-order valence-corrected chi connectivity index (χ2v) is 7.87. The van der Waals surface area contributed by atoms with Gasteiger partial charge in [0, 0.05) is 17.0 Å². The molecule has 2 aliphatic rings. The molecule has 0 spiro atoms. The van der Waals surface area contributed by atoms with Gasteiger partial charge in [-0.2, -0.15) is 11.8 Å². The summed E-state index contributed by atoms with van der Waals surface area (Å²) in [5, 5.41) is 3.56. The third kappa shape index (κ3) is 3.04. The van der Waals surface area contributed by atoms with Crippen LogP contribution in [0.2, 0.25) is 0 Å². The van der Waals surface area contributed by atoms with Gasteiger partial charge in [-0.25, -0.2) is 4.98 Å². The van der Waals surface area contributed by atoms with Crippen LogP contribution in [0.4, 0.5) is 5.82 Å². The van der Waals surface area contributed by atoms with E-state index in [-0.39, 0.29) is 0 Å². The van der Waals surface area contributed by atoms with Crippen molar-refractivity contribution in [3.63, 3.8) is 0 Å². The molecule has 3 N–H and O–H groups in total. The first-order chi connectivity index (χ1) is 10.1. The molecular formula is C16H23N3S2. The maximum absolute atomic E-state index is 5.90. The van der Waals surface area contributed by atoms with Gasteiger partial charge in [-0.05, 0) is 50.0 Å². The summed E-state index contributed by atoms with van der Waals surface area (Å²) in [6.45, 7) is 0.954. The molecular weight excluding hydrogens is 298 g/mol. The summed E-state index contributed by atoms with van der Waals surface area (Å²) in [6.07, 6.45) is 10.8. The molecule has 114 valence electrons. The van der Waals surface area contributed by atoms with Crippen molar-refractivity contribution in [2.45, 2.75) is 49.7 Å². The van der Waals surface area contributed by atoms with Crippen LogP contribution < -0.4 is 11.1 Å². The van der Waals surface area contributed by atoms with E-state index in [2.05, 4.69) is 17.6 Å². The summed E-state index contributed by atoms with van der Waals surface area (Å²) in [7, 11) is 0. The molecule has 0 radical (unpaired) electrons. The van der Waals surface area contributed by atoms with E-state index in [0.29, 0.717) is 9.74 Å². The Morgan fingerprint density at radius 2 is 2.14 bits per heavy atom. The van der Waals surface area contributed by atoms with E-state index >= 15 is 0 Å². The summed E-state index contributed by atoms with van der Waals surface area (Å²) in [5.74, 6) is 0.892. The second-order valence-electron chi connectivity index (χ2n) is 6.16. The zero-order chi connectivity index (χ0) is 14.9. The fourth-order valence-corrected chi connectivity index (χ4v) is 4.58. The molecule has 0 aliphatic heterocycles. The minimum atomic E-state index is 0.355. The van der Waals surface area contributed by atoms with Gasteiger partial charge in [0.1, 0.15) is 10.8 Å². The fraction of sp³-hybridized carbons (Fsp3) is 0.625. The monoisotopic (exact) mass is 321 g/mol. The van der Waals surface area contributed by atoms with Gasteiger partial charge in [0.2, 0.25) is 0 Å². The number of aryl methyl sites for hydroxylation is 2. The van der Waals surface area contributed by atoms with Crippen molar-refractivity contribution in [2.24, 2.45) is 5.73 Å². The van der Waals surface area contributed by atoms with E-state index in [1.165, 1.54) is 43.4 Å². The lowest BCUT2D eigenvalue weighted by Crippen LogP contribution is -2.31. The molecule has 0 amide bonds. The number of pyridine rings is 1. The highest BCUT2D eigenvalue weighted by molar-refractivity contribution is 8.00. The van der Waals surface area contributed by atoms with Gasteiger partial charge in [0.25, 0.3) is 0 Å².